The summed E-state index contributed by atoms with van der Waals surface area (Å²) in [5.41, 5.74) is 4.53. The van der Waals surface area contributed by atoms with Gasteiger partial charge in [0, 0.05) is 32.1 Å². The van der Waals surface area contributed by atoms with Gasteiger partial charge in [0.25, 0.3) is 0 Å². The summed E-state index contributed by atoms with van der Waals surface area (Å²) in [6, 6.07) is 7.14. The summed E-state index contributed by atoms with van der Waals surface area (Å²) in [7, 11) is 2.14. The van der Waals surface area contributed by atoms with Crippen LogP contribution in [-0.2, 0) is 30.7 Å². The van der Waals surface area contributed by atoms with Crippen molar-refractivity contribution in [3.8, 4) is 0 Å². The van der Waals surface area contributed by atoms with Crippen molar-refractivity contribution in [1.82, 2.24) is 19.8 Å². The van der Waals surface area contributed by atoms with Crippen molar-refractivity contribution < 1.29 is 4.74 Å². The average Bonchev–Trinajstić information content (AvgIpc) is 3.39. The second-order valence-corrected chi connectivity index (χ2v) is 8.45. The molecule has 1 N–H and O–H groups in total. The molecule has 5 heteroatoms. The van der Waals surface area contributed by atoms with E-state index in [0.717, 1.165) is 57.7 Å². The fourth-order valence-corrected chi connectivity index (χ4v) is 4.52. The lowest BCUT2D eigenvalue weighted by Gasteiger charge is -2.26. The lowest BCUT2D eigenvalue weighted by molar-refractivity contribution is 0.0389. The van der Waals surface area contributed by atoms with Gasteiger partial charge in [-0.15, -0.1) is 0 Å². The zero-order chi connectivity index (χ0) is 19.2. The molecule has 1 fully saturated rings. The van der Waals surface area contributed by atoms with E-state index in [0.29, 0.717) is 6.10 Å². The highest BCUT2D eigenvalue weighted by Crippen LogP contribution is 2.25. The van der Waals surface area contributed by atoms with Crippen molar-refractivity contribution in [2.75, 3.05) is 33.3 Å². The van der Waals surface area contributed by atoms with Crippen LogP contribution in [0.3, 0.4) is 0 Å². The zero-order valence-electron chi connectivity index (χ0n) is 17.2. The van der Waals surface area contributed by atoms with Crippen molar-refractivity contribution in [3.63, 3.8) is 0 Å². The summed E-state index contributed by atoms with van der Waals surface area (Å²) in [5.74, 6) is 1.02. The Morgan fingerprint density at radius 2 is 2.14 bits per heavy atom. The number of benzene rings is 1. The zero-order valence-corrected chi connectivity index (χ0v) is 17.2. The largest absolute Gasteiger partial charge is 0.378 e. The Labute approximate surface area is 169 Å². The van der Waals surface area contributed by atoms with E-state index in [1.165, 1.54) is 37.1 Å². The van der Waals surface area contributed by atoms with Crippen LogP contribution in [0.1, 0.15) is 48.2 Å². The summed E-state index contributed by atoms with van der Waals surface area (Å²) in [4.78, 5) is 12.3. The molecule has 1 atom stereocenters. The second kappa shape index (κ2) is 9.68. The third-order valence-electron chi connectivity index (χ3n) is 6.07. The van der Waals surface area contributed by atoms with Crippen LogP contribution < -0.4 is 0 Å². The quantitative estimate of drug-likeness (QED) is 0.675. The molecule has 5 nitrogen and oxygen atoms in total. The van der Waals surface area contributed by atoms with Gasteiger partial charge >= 0.3 is 0 Å². The first-order chi connectivity index (χ1) is 13.8. The number of hydrogen-bond acceptors (Lipinski definition) is 4. The molecule has 2 aliphatic rings. The van der Waals surface area contributed by atoms with Gasteiger partial charge in [-0.3, -0.25) is 9.80 Å². The lowest BCUT2D eigenvalue weighted by atomic mass is 9.88. The highest BCUT2D eigenvalue weighted by Gasteiger charge is 2.20. The number of ether oxygens (including phenoxy) is 1. The van der Waals surface area contributed by atoms with Gasteiger partial charge in [-0.2, -0.15) is 0 Å². The van der Waals surface area contributed by atoms with Gasteiger partial charge in [-0.1, -0.05) is 18.2 Å². The summed E-state index contributed by atoms with van der Waals surface area (Å²) in [6.07, 6.45) is 11.2. The highest BCUT2D eigenvalue weighted by molar-refractivity contribution is 5.34. The third kappa shape index (κ3) is 5.43. The molecule has 2 aromatic rings. The number of nitrogens with one attached hydrogen (secondary N) is 1. The first-order valence-electron chi connectivity index (χ1n) is 10.9. The molecule has 0 bridgehead atoms. The topological polar surface area (TPSA) is 44.4 Å². The summed E-state index contributed by atoms with van der Waals surface area (Å²) in [5, 5.41) is 0. The monoisotopic (exact) mass is 382 g/mol. The van der Waals surface area contributed by atoms with Crippen LogP contribution in [0.2, 0.25) is 0 Å². The number of rotatable bonds is 9. The Balaban J connectivity index is 1.18. The molecule has 28 heavy (non-hydrogen) atoms. The van der Waals surface area contributed by atoms with Crippen LogP contribution in [0.4, 0.5) is 0 Å². The maximum atomic E-state index is 6.20. The van der Waals surface area contributed by atoms with Crippen LogP contribution in [0.15, 0.2) is 30.6 Å². The molecule has 1 saturated heterocycles. The highest BCUT2D eigenvalue weighted by atomic mass is 16.5. The molecule has 0 amide bonds. The molecule has 2 heterocycles. The van der Waals surface area contributed by atoms with E-state index in [1.54, 1.807) is 5.56 Å². The molecule has 152 valence electrons. The van der Waals surface area contributed by atoms with Gasteiger partial charge in [0.05, 0.1) is 12.6 Å². The summed E-state index contributed by atoms with van der Waals surface area (Å²) < 4.78 is 6.20. The number of hydrogen-bond donors (Lipinski definition) is 1. The van der Waals surface area contributed by atoms with Crippen LogP contribution in [0.25, 0.3) is 0 Å². The van der Waals surface area contributed by atoms with Crippen molar-refractivity contribution in [2.24, 2.45) is 0 Å². The first-order valence-corrected chi connectivity index (χ1v) is 10.9. The van der Waals surface area contributed by atoms with E-state index in [9.17, 15) is 0 Å². The normalized spacial score (nSPS) is 20.0. The maximum absolute atomic E-state index is 6.20. The number of fused-ring (bicyclic) bond motifs is 1. The molecular formula is C23H34N4O. The number of aromatic amines is 1. The SMILES string of the molecule is CN(CCCOC1CCc2cc(CN3CCCC3)ccc2C1)Cc1ncc[nH]1. The minimum Gasteiger partial charge on any atom is -0.378 e. The number of aromatic nitrogens is 2. The van der Waals surface area contributed by atoms with Crippen molar-refractivity contribution in [3.05, 3.63) is 53.1 Å². The van der Waals surface area contributed by atoms with Crippen molar-refractivity contribution >= 4 is 0 Å². The fraction of sp³-hybridized carbons (Fsp3) is 0.609. The van der Waals surface area contributed by atoms with E-state index >= 15 is 0 Å². The third-order valence-corrected chi connectivity index (χ3v) is 6.07. The molecule has 0 saturated carbocycles. The number of aryl methyl sites for hydroxylation is 1. The van der Waals surface area contributed by atoms with Crippen LogP contribution >= 0.6 is 0 Å². The Morgan fingerprint density at radius 1 is 1.25 bits per heavy atom. The number of nitrogens with zero attached hydrogens (tertiary/aromatic N) is 3. The van der Waals surface area contributed by atoms with Crippen molar-refractivity contribution in [1.29, 1.82) is 0 Å². The molecule has 0 radical (unpaired) electrons. The van der Waals surface area contributed by atoms with E-state index in [2.05, 4.69) is 45.0 Å². The molecular weight excluding hydrogens is 348 g/mol. The van der Waals surface area contributed by atoms with Crippen LogP contribution in [0.5, 0.6) is 0 Å². The standard InChI is InChI=1S/C23H34N4O/c1-26(18-23-24-9-10-25-23)11-4-14-28-22-8-7-20-15-19(5-6-21(20)16-22)17-27-12-2-3-13-27/h5-6,9-10,15,22H,2-4,7-8,11-14,16-18H2,1H3,(H,24,25). The molecule has 1 aromatic carbocycles. The van der Waals surface area contributed by atoms with Gasteiger partial charge in [-0.25, -0.2) is 4.98 Å². The van der Waals surface area contributed by atoms with E-state index < -0.39 is 0 Å². The molecule has 1 aliphatic carbocycles. The lowest BCUT2D eigenvalue weighted by Crippen LogP contribution is -2.25. The Morgan fingerprint density at radius 3 is 2.96 bits per heavy atom. The minimum atomic E-state index is 0.382. The van der Waals surface area contributed by atoms with E-state index in [-0.39, 0.29) is 0 Å². The minimum absolute atomic E-state index is 0.382. The Kier molecular flexibility index (Phi) is 6.78. The van der Waals surface area contributed by atoms with Gasteiger partial charge in [-0.05, 0) is 75.4 Å². The predicted molar refractivity (Wildman–Crippen MR) is 112 cm³/mol. The summed E-state index contributed by atoms with van der Waals surface area (Å²) in [6.45, 7) is 6.40. The molecule has 0 spiro atoms. The van der Waals surface area contributed by atoms with Gasteiger partial charge in [0.15, 0.2) is 0 Å². The first kappa shape index (κ1) is 19.6. The number of likely N-dealkylation sites (tertiary alicyclic amines) is 1. The van der Waals surface area contributed by atoms with Gasteiger partial charge in [0.2, 0.25) is 0 Å². The van der Waals surface area contributed by atoms with E-state index in [1.807, 2.05) is 12.4 Å². The number of imidazole rings is 1. The summed E-state index contributed by atoms with van der Waals surface area (Å²) >= 11 is 0. The van der Waals surface area contributed by atoms with Crippen LogP contribution in [-0.4, -0.2) is 59.2 Å². The average molecular weight is 383 g/mol. The van der Waals surface area contributed by atoms with E-state index in [4.69, 9.17) is 4.74 Å². The maximum Gasteiger partial charge on any atom is 0.120 e. The fourth-order valence-electron chi connectivity index (χ4n) is 4.52. The van der Waals surface area contributed by atoms with Crippen LogP contribution in [0, 0.1) is 0 Å². The molecule has 4 rings (SSSR count). The van der Waals surface area contributed by atoms with Gasteiger partial charge < -0.3 is 9.72 Å². The Hall–Kier alpha value is -1.69. The predicted octanol–water partition coefficient (Wildman–Crippen LogP) is 3.40. The number of H-pyrrole nitrogens is 1. The second-order valence-electron chi connectivity index (χ2n) is 8.45. The molecule has 1 aliphatic heterocycles. The molecule has 1 unspecified atom stereocenters. The smallest absolute Gasteiger partial charge is 0.120 e. The van der Waals surface area contributed by atoms with Crippen molar-refractivity contribution in [2.45, 2.75) is 57.7 Å². The molecule has 1 aromatic heterocycles. The Bertz CT molecular complexity index is 724. The van der Waals surface area contributed by atoms with Gasteiger partial charge in [0.1, 0.15) is 5.82 Å².